The number of hydrogen-bond donors (Lipinski definition) is 0. The first kappa shape index (κ1) is 14.7. The highest BCUT2D eigenvalue weighted by Gasteiger charge is 2.35. The first-order valence-electron chi connectivity index (χ1n) is 6.27. The lowest BCUT2D eigenvalue weighted by Crippen LogP contribution is -2.33. The summed E-state index contributed by atoms with van der Waals surface area (Å²) in [6.07, 6.45) is -1.12. The average molecular weight is 298 g/mol. The van der Waals surface area contributed by atoms with Crippen molar-refractivity contribution in [1.82, 2.24) is 4.90 Å². The van der Waals surface area contributed by atoms with Crippen molar-refractivity contribution < 1.29 is 19.1 Å². The number of carbonyl (C=O) groups excluding carboxylic acids is 2. The van der Waals surface area contributed by atoms with Crippen LogP contribution in [0.2, 0.25) is 0 Å². The molecule has 1 aliphatic heterocycles. The van der Waals surface area contributed by atoms with Gasteiger partial charge in [-0.15, -0.1) is 11.6 Å². The standard InChI is InChI=1S/C14H16ClNO4/c1-9-3-10(2)5-11(4-9)19-8-12-7-16(13(17)6-15)14(18)20-12/h3-5,12H,6-8H2,1-2H3. The van der Waals surface area contributed by atoms with E-state index in [1.807, 2.05) is 32.0 Å². The number of aryl methyl sites for hydroxylation is 2. The molecule has 1 aliphatic rings. The number of hydrogen-bond acceptors (Lipinski definition) is 4. The lowest BCUT2D eigenvalue weighted by molar-refractivity contribution is -0.125. The predicted octanol–water partition coefficient (Wildman–Crippen LogP) is 2.27. The third-order valence-electron chi connectivity index (χ3n) is 2.92. The summed E-state index contributed by atoms with van der Waals surface area (Å²) in [5.41, 5.74) is 2.20. The van der Waals surface area contributed by atoms with Gasteiger partial charge in [0.15, 0.2) is 6.10 Å². The van der Waals surface area contributed by atoms with Crippen molar-refractivity contribution in [2.24, 2.45) is 0 Å². The molecular formula is C14H16ClNO4. The van der Waals surface area contributed by atoms with Crippen LogP contribution in [0.15, 0.2) is 18.2 Å². The number of carbonyl (C=O) groups is 2. The molecule has 1 unspecified atom stereocenters. The van der Waals surface area contributed by atoms with E-state index in [2.05, 4.69) is 0 Å². The molecule has 0 spiro atoms. The van der Waals surface area contributed by atoms with Crippen LogP contribution in [0.1, 0.15) is 11.1 Å². The minimum Gasteiger partial charge on any atom is -0.490 e. The fourth-order valence-corrected chi connectivity index (χ4v) is 2.23. The average Bonchev–Trinajstić information content (AvgIpc) is 2.76. The number of benzene rings is 1. The quantitative estimate of drug-likeness (QED) is 0.800. The largest absolute Gasteiger partial charge is 0.490 e. The van der Waals surface area contributed by atoms with Crippen LogP contribution in [0.4, 0.5) is 4.79 Å². The van der Waals surface area contributed by atoms with Crippen LogP contribution in [0.25, 0.3) is 0 Å². The van der Waals surface area contributed by atoms with E-state index in [0.717, 1.165) is 21.8 Å². The summed E-state index contributed by atoms with van der Waals surface area (Å²) in [5.74, 6) is 0.0333. The topological polar surface area (TPSA) is 55.8 Å². The SMILES string of the molecule is Cc1cc(C)cc(OCC2CN(C(=O)CCl)C(=O)O2)c1. The molecule has 108 valence electrons. The molecular weight excluding hydrogens is 282 g/mol. The molecule has 1 aromatic carbocycles. The Labute approximate surface area is 122 Å². The summed E-state index contributed by atoms with van der Waals surface area (Å²) in [4.78, 5) is 23.9. The smallest absolute Gasteiger partial charge is 0.417 e. The Bertz CT molecular complexity index is 512. The van der Waals surface area contributed by atoms with E-state index in [1.165, 1.54) is 0 Å². The Morgan fingerprint density at radius 1 is 1.40 bits per heavy atom. The first-order valence-corrected chi connectivity index (χ1v) is 6.81. The maximum atomic E-state index is 11.5. The molecule has 1 saturated heterocycles. The van der Waals surface area contributed by atoms with E-state index in [1.54, 1.807) is 0 Å². The van der Waals surface area contributed by atoms with Crippen LogP contribution in [0, 0.1) is 13.8 Å². The molecule has 0 aliphatic carbocycles. The molecule has 0 radical (unpaired) electrons. The van der Waals surface area contributed by atoms with Crippen LogP contribution in [-0.4, -0.2) is 42.0 Å². The van der Waals surface area contributed by atoms with Crippen molar-refractivity contribution in [3.8, 4) is 5.75 Å². The van der Waals surface area contributed by atoms with Crippen molar-refractivity contribution >= 4 is 23.6 Å². The molecule has 1 aromatic rings. The fraction of sp³-hybridized carbons (Fsp3) is 0.429. The third-order valence-corrected chi connectivity index (χ3v) is 3.15. The molecule has 20 heavy (non-hydrogen) atoms. The van der Waals surface area contributed by atoms with E-state index < -0.39 is 18.1 Å². The molecule has 0 N–H and O–H groups in total. The fourth-order valence-electron chi connectivity index (χ4n) is 2.09. The number of imide groups is 1. The van der Waals surface area contributed by atoms with Crippen molar-refractivity contribution in [1.29, 1.82) is 0 Å². The number of cyclic esters (lactones) is 1. The molecule has 1 atom stereocenters. The van der Waals surface area contributed by atoms with E-state index in [0.29, 0.717) is 0 Å². The van der Waals surface area contributed by atoms with Crippen LogP contribution in [-0.2, 0) is 9.53 Å². The molecule has 6 heteroatoms. The molecule has 0 saturated carbocycles. The Morgan fingerprint density at radius 3 is 2.65 bits per heavy atom. The molecule has 5 nitrogen and oxygen atoms in total. The Hall–Kier alpha value is -1.75. The van der Waals surface area contributed by atoms with Gasteiger partial charge in [-0.25, -0.2) is 9.69 Å². The number of nitrogens with zero attached hydrogens (tertiary/aromatic N) is 1. The predicted molar refractivity (Wildman–Crippen MR) is 74.1 cm³/mol. The second kappa shape index (κ2) is 6.13. The lowest BCUT2D eigenvalue weighted by atomic mass is 10.1. The summed E-state index contributed by atoms with van der Waals surface area (Å²) in [5, 5.41) is 0. The van der Waals surface area contributed by atoms with Crippen molar-refractivity contribution in [3.63, 3.8) is 0 Å². The number of amides is 2. The molecule has 0 bridgehead atoms. The second-order valence-electron chi connectivity index (χ2n) is 4.78. The van der Waals surface area contributed by atoms with Gasteiger partial charge in [0.25, 0.3) is 0 Å². The first-order chi connectivity index (χ1) is 9.49. The van der Waals surface area contributed by atoms with Crippen LogP contribution in [0.3, 0.4) is 0 Å². The van der Waals surface area contributed by atoms with Gasteiger partial charge < -0.3 is 9.47 Å². The van der Waals surface area contributed by atoms with E-state index >= 15 is 0 Å². The summed E-state index contributed by atoms with van der Waals surface area (Å²) >= 11 is 5.42. The summed E-state index contributed by atoms with van der Waals surface area (Å²) in [7, 11) is 0. The van der Waals surface area contributed by atoms with E-state index in [4.69, 9.17) is 21.1 Å². The normalized spacial score (nSPS) is 18.1. The highest BCUT2D eigenvalue weighted by atomic mass is 35.5. The van der Waals surface area contributed by atoms with Crippen molar-refractivity contribution in [2.75, 3.05) is 19.0 Å². The van der Waals surface area contributed by atoms with Crippen LogP contribution in [0.5, 0.6) is 5.75 Å². The Morgan fingerprint density at radius 2 is 2.05 bits per heavy atom. The van der Waals surface area contributed by atoms with Gasteiger partial charge in [-0.05, 0) is 37.1 Å². The van der Waals surface area contributed by atoms with Gasteiger partial charge in [0.05, 0.1) is 6.54 Å². The molecule has 1 fully saturated rings. The zero-order chi connectivity index (χ0) is 14.7. The van der Waals surface area contributed by atoms with Gasteiger partial charge in [0, 0.05) is 0 Å². The van der Waals surface area contributed by atoms with Gasteiger partial charge >= 0.3 is 6.09 Å². The summed E-state index contributed by atoms with van der Waals surface area (Å²) in [6, 6.07) is 5.86. The summed E-state index contributed by atoms with van der Waals surface area (Å²) < 4.78 is 10.7. The highest BCUT2D eigenvalue weighted by molar-refractivity contribution is 6.28. The molecule has 0 aromatic heterocycles. The second-order valence-corrected chi connectivity index (χ2v) is 5.05. The van der Waals surface area contributed by atoms with E-state index in [-0.39, 0.29) is 19.0 Å². The van der Waals surface area contributed by atoms with Gasteiger partial charge in [-0.3, -0.25) is 4.79 Å². The number of halogens is 1. The van der Waals surface area contributed by atoms with Gasteiger partial charge in [-0.1, -0.05) is 6.07 Å². The van der Waals surface area contributed by atoms with Crippen LogP contribution >= 0.6 is 11.6 Å². The molecule has 2 amide bonds. The lowest BCUT2D eigenvalue weighted by Gasteiger charge is -2.12. The minimum atomic E-state index is -0.662. The maximum Gasteiger partial charge on any atom is 0.417 e. The number of ether oxygens (including phenoxy) is 2. The van der Waals surface area contributed by atoms with Crippen LogP contribution < -0.4 is 4.74 Å². The minimum absolute atomic E-state index is 0.176. The highest BCUT2D eigenvalue weighted by Crippen LogP contribution is 2.18. The van der Waals surface area contributed by atoms with E-state index in [9.17, 15) is 9.59 Å². The zero-order valence-corrected chi connectivity index (χ0v) is 12.1. The molecule has 2 rings (SSSR count). The maximum absolute atomic E-state index is 11.5. The van der Waals surface area contributed by atoms with Gasteiger partial charge in [0.1, 0.15) is 18.2 Å². The number of alkyl halides is 1. The van der Waals surface area contributed by atoms with Crippen molar-refractivity contribution in [2.45, 2.75) is 20.0 Å². The summed E-state index contributed by atoms with van der Waals surface area (Å²) in [6.45, 7) is 4.35. The van der Waals surface area contributed by atoms with Gasteiger partial charge in [0.2, 0.25) is 5.91 Å². The van der Waals surface area contributed by atoms with Gasteiger partial charge in [-0.2, -0.15) is 0 Å². The Kier molecular flexibility index (Phi) is 4.49. The molecule has 1 heterocycles. The zero-order valence-electron chi connectivity index (χ0n) is 11.4. The third kappa shape index (κ3) is 3.42. The Balaban J connectivity index is 1.92. The van der Waals surface area contributed by atoms with Crippen molar-refractivity contribution in [3.05, 3.63) is 29.3 Å². The monoisotopic (exact) mass is 297 g/mol. The number of rotatable bonds is 4.